The third-order valence-corrected chi connectivity index (χ3v) is 3.49. The Bertz CT molecular complexity index is 315. The van der Waals surface area contributed by atoms with Gasteiger partial charge in [0.05, 0.1) is 18.1 Å². The fourth-order valence-corrected chi connectivity index (χ4v) is 2.53. The van der Waals surface area contributed by atoms with E-state index in [0.717, 1.165) is 0 Å². The fourth-order valence-electron chi connectivity index (χ4n) is 2.53. The molecule has 0 aliphatic heterocycles. The Balaban J connectivity index is 1.97. The minimum Gasteiger partial charge on any atom is -0.336 e. The number of hydrogen-bond acceptors (Lipinski definition) is 3. The van der Waals surface area contributed by atoms with Crippen molar-refractivity contribution in [1.82, 2.24) is 14.9 Å². The van der Waals surface area contributed by atoms with Gasteiger partial charge in [0.25, 0.3) is 0 Å². The maximum absolute atomic E-state index is 5.85. The number of hydrogen-bond donors (Lipinski definition) is 2. The van der Waals surface area contributed by atoms with Crippen molar-refractivity contribution in [2.24, 2.45) is 12.8 Å². The van der Waals surface area contributed by atoms with Crippen molar-refractivity contribution in [2.45, 2.75) is 44.2 Å². The molecule has 4 heteroatoms. The summed E-state index contributed by atoms with van der Waals surface area (Å²) in [4.78, 5) is 4.15. The average Bonchev–Trinajstić information content (AvgIpc) is 2.74. The van der Waals surface area contributed by atoms with E-state index in [1.807, 2.05) is 24.1 Å². The molecular formula is C12H22N4. The van der Waals surface area contributed by atoms with Crippen molar-refractivity contribution in [2.75, 3.05) is 6.54 Å². The smallest absolute Gasteiger partial charge is 0.0946 e. The van der Waals surface area contributed by atoms with Gasteiger partial charge in [0.1, 0.15) is 0 Å². The van der Waals surface area contributed by atoms with Gasteiger partial charge in [0.2, 0.25) is 0 Å². The second-order valence-corrected chi connectivity index (χ2v) is 4.72. The molecule has 1 unspecified atom stereocenters. The molecule has 1 aromatic heterocycles. The zero-order valence-corrected chi connectivity index (χ0v) is 10.0. The molecule has 1 aromatic rings. The van der Waals surface area contributed by atoms with Crippen LogP contribution < -0.4 is 11.1 Å². The summed E-state index contributed by atoms with van der Waals surface area (Å²) in [6, 6.07) is 0.882. The molecule has 0 radical (unpaired) electrons. The van der Waals surface area contributed by atoms with Gasteiger partial charge in [-0.2, -0.15) is 0 Å². The van der Waals surface area contributed by atoms with Gasteiger partial charge < -0.3 is 15.6 Å². The van der Waals surface area contributed by atoms with Gasteiger partial charge in [-0.1, -0.05) is 19.3 Å². The number of nitrogens with zero attached hydrogens (tertiary/aromatic N) is 2. The third-order valence-electron chi connectivity index (χ3n) is 3.49. The Morgan fingerprint density at radius 3 is 2.81 bits per heavy atom. The number of imidazole rings is 1. The molecule has 4 nitrogen and oxygen atoms in total. The van der Waals surface area contributed by atoms with Gasteiger partial charge in [-0.15, -0.1) is 0 Å². The van der Waals surface area contributed by atoms with Crippen LogP contribution in [0.2, 0.25) is 0 Å². The van der Waals surface area contributed by atoms with E-state index in [0.29, 0.717) is 12.6 Å². The normalized spacial score (nSPS) is 19.9. The largest absolute Gasteiger partial charge is 0.336 e. The molecule has 16 heavy (non-hydrogen) atoms. The maximum Gasteiger partial charge on any atom is 0.0946 e. The second kappa shape index (κ2) is 5.46. The van der Waals surface area contributed by atoms with Crippen LogP contribution in [0.25, 0.3) is 0 Å². The summed E-state index contributed by atoms with van der Waals surface area (Å²) in [7, 11) is 2.02. The summed E-state index contributed by atoms with van der Waals surface area (Å²) in [5.41, 5.74) is 7.03. The van der Waals surface area contributed by atoms with E-state index < -0.39 is 0 Å². The van der Waals surface area contributed by atoms with E-state index in [1.54, 1.807) is 0 Å². The number of nitrogens with two attached hydrogens (primary N) is 1. The molecule has 0 amide bonds. The molecule has 0 spiro atoms. The predicted molar refractivity (Wildman–Crippen MR) is 65.0 cm³/mol. The standard InChI is InChI=1S/C12H22N4/c1-16-9-14-8-12(16)11(7-13)15-10-5-3-2-4-6-10/h8-11,15H,2-7,13H2,1H3. The molecule has 0 bridgehead atoms. The van der Waals surface area contributed by atoms with Gasteiger partial charge in [-0.25, -0.2) is 4.98 Å². The zero-order valence-electron chi connectivity index (χ0n) is 10.0. The van der Waals surface area contributed by atoms with Gasteiger partial charge in [0, 0.05) is 25.8 Å². The van der Waals surface area contributed by atoms with Crippen LogP contribution in [0, 0.1) is 0 Å². The molecule has 2 rings (SSSR count). The van der Waals surface area contributed by atoms with Crippen molar-refractivity contribution < 1.29 is 0 Å². The highest BCUT2D eigenvalue weighted by Gasteiger charge is 2.19. The molecule has 1 saturated carbocycles. The van der Waals surface area contributed by atoms with Crippen molar-refractivity contribution in [1.29, 1.82) is 0 Å². The topological polar surface area (TPSA) is 55.9 Å². The van der Waals surface area contributed by atoms with Gasteiger partial charge >= 0.3 is 0 Å². The molecule has 1 aliphatic carbocycles. The van der Waals surface area contributed by atoms with Crippen molar-refractivity contribution in [3.8, 4) is 0 Å². The molecule has 1 fully saturated rings. The van der Waals surface area contributed by atoms with Crippen LogP contribution in [0.15, 0.2) is 12.5 Å². The van der Waals surface area contributed by atoms with Gasteiger partial charge in [-0.3, -0.25) is 0 Å². The Hall–Kier alpha value is -0.870. The van der Waals surface area contributed by atoms with E-state index in [-0.39, 0.29) is 6.04 Å². The van der Waals surface area contributed by atoms with Crippen molar-refractivity contribution in [3.63, 3.8) is 0 Å². The molecule has 3 N–H and O–H groups in total. The number of rotatable bonds is 4. The van der Waals surface area contributed by atoms with E-state index in [2.05, 4.69) is 10.3 Å². The number of nitrogens with one attached hydrogen (secondary N) is 1. The zero-order chi connectivity index (χ0) is 11.4. The monoisotopic (exact) mass is 222 g/mol. The van der Waals surface area contributed by atoms with Crippen molar-refractivity contribution >= 4 is 0 Å². The highest BCUT2D eigenvalue weighted by molar-refractivity contribution is 5.06. The molecule has 1 heterocycles. The molecule has 1 aliphatic rings. The van der Waals surface area contributed by atoms with Gasteiger partial charge in [0.15, 0.2) is 0 Å². The van der Waals surface area contributed by atoms with Gasteiger partial charge in [-0.05, 0) is 12.8 Å². The van der Waals surface area contributed by atoms with E-state index in [4.69, 9.17) is 5.73 Å². The SMILES string of the molecule is Cn1cncc1C(CN)NC1CCCCC1. The van der Waals surface area contributed by atoms with Crippen molar-refractivity contribution in [3.05, 3.63) is 18.2 Å². The van der Waals surface area contributed by atoms with Crippen LogP contribution in [-0.2, 0) is 7.05 Å². The van der Waals surface area contributed by atoms with E-state index in [9.17, 15) is 0 Å². The molecular weight excluding hydrogens is 200 g/mol. The first-order chi connectivity index (χ1) is 7.81. The summed E-state index contributed by atoms with van der Waals surface area (Å²) >= 11 is 0. The third kappa shape index (κ3) is 2.62. The summed E-state index contributed by atoms with van der Waals surface area (Å²) < 4.78 is 2.05. The summed E-state index contributed by atoms with van der Waals surface area (Å²) in [6.45, 7) is 0.635. The summed E-state index contributed by atoms with van der Waals surface area (Å²) in [5, 5.41) is 3.66. The highest BCUT2D eigenvalue weighted by atomic mass is 15.1. The second-order valence-electron chi connectivity index (χ2n) is 4.72. The van der Waals surface area contributed by atoms with Crippen LogP contribution in [0.5, 0.6) is 0 Å². The maximum atomic E-state index is 5.85. The Morgan fingerprint density at radius 1 is 1.50 bits per heavy atom. The Kier molecular flexibility index (Phi) is 3.96. The lowest BCUT2D eigenvalue weighted by Crippen LogP contribution is -2.38. The summed E-state index contributed by atoms with van der Waals surface area (Å²) in [6.07, 6.45) is 10.4. The Labute approximate surface area is 97.2 Å². The lowest BCUT2D eigenvalue weighted by atomic mass is 9.94. The lowest BCUT2D eigenvalue weighted by Gasteiger charge is -2.28. The predicted octanol–water partition coefficient (Wildman–Crippen LogP) is 1.34. The first-order valence-electron chi connectivity index (χ1n) is 6.23. The van der Waals surface area contributed by atoms with E-state index in [1.165, 1.54) is 37.8 Å². The molecule has 0 aromatic carbocycles. The first-order valence-corrected chi connectivity index (χ1v) is 6.23. The first kappa shape index (κ1) is 11.6. The quantitative estimate of drug-likeness (QED) is 0.808. The molecule has 1 atom stereocenters. The van der Waals surface area contributed by atoms with E-state index >= 15 is 0 Å². The average molecular weight is 222 g/mol. The van der Waals surface area contributed by atoms with Crippen LogP contribution >= 0.6 is 0 Å². The molecule has 90 valence electrons. The van der Waals surface area contributed by atoms with Crippen LogP contribution in [0.4, 0.5) is 0 Å². The van der Waals surface area contributed by atoms with Crippen LogP contribution in [0.3, 0.4) is 0 Å². The van der Waals surface area contributed by atoms with Crippen LogP contribution in [0.1, 0.15) is 43.8 Å². The number of aromatic nitrogens is 2. The van der Waals surface area contributed by atoms with Crippen LogP contribution in [-0.4, -0.2) is 22.1 Å². The summed E-state index contributed by atoms with van der Waals surface area (Å²) in [5.74, 6) is 0. The highest BCUT2D eigenvalue weighted by Crippen LogP contribution is 2.20. The fraction of sp³-hybridized carbons (Fsp3) is 0.750. The molecule has 0 saturated heterocycles. The minimum absolute atomic E-state index is 0.246. The number of aryl methyl sites for hydroxylation is 1. The lowest BCUT2D eigenvalue weighted by molar-refractivity contribution is 0.335. The minimum atomic E-state index is 0.246. The Morgan fingerprint density at radius 2 is 2.25 bits per heavy atom.